The average molecular weight is 328 g/mol. The SMILES string of the molecule is CCC(NCc1ccc(F)cc1Br)C1CCCCC1. The molecule has 0 heterocycles. The lowest BCUT2D eigenvalue weighted by atomic mass is 9.83. The molecule has 1 aromatic rings. The summed E-state index contributed by atoms with van der Waals surface area (Å²) in [6.45, 7) is 3.07. The molecule has 0 radical (unpaired) electrons. The predicted molar refractivity (Wildman–Crippen MR) is 81.6 cm³/mol. The lowest BCUT2D eigenvalue weighted by molar-refractivity contribution is 0.261. The summed E-state index contributed by atoms with van der Waals surface area (Å²) < 4.78 is 13.9. The predicted octanol–water partition coefficient (Wildman–Crippen LogP) is 5.04. The lowest BCUT2D eigenvalue weighted by Gasteiger charge is -2.30. The van der Waals surface area contributed by atoms with Crippen LogP contribution in [-0.2, 0) is 6.54 Å². The standard InChI is InChI=1S/C16H23BrFN/c1-2-16(12-6-4-3-5-7-12)19-11-13-8-9-14(18)10-15(13)17/h8-10,12,16,19H,2-7,11H2,1H3. The van der Waals surface area contributed by atoms with Crippen LogP contribution in [0.3, 0.4) is 0 Å². The van der Waals surface area contributed by atoms with Crippen LogP contribution in [0.4, 0.5) is 4.39 Å². The molecule has 0 spiro atoms. The molecule has 0 aliphatic heterocycles. The minimum absolute atomic E-state index is 0.185. The van der Waals surface area contributed by atoms with Gasteiger partial charge in [0.15, 0.2) is 0 Å². The van der Waals surface area contributed by atoms with Crippen LogP contribution >= 0.6 is 15.9 Å². The van der Waals surface area contributed by atoms with E-state index in [1.54, 1.807) is 6.07 Å². The van der Waals surface area contributed by atoms with Crippen LogP contribution in [0.25, 0.3) is 0 Å². The van der Waals surface area contributed by atoms with E-state index >= 15 is 0 Å². The third-order valence-electron chi connectivity index (χ3n) is 4.23. The Labute approximate surface area is 124 Å². The van der Waals surface area contributed by atoms with Crippen LogP contribution < -0.4 is 5.32 Å². The molecule has 1 fully saturated rings. The fraction of sp³-hybridized carbons (Fsp3) is 0.625. The number of hydrogen-bond donors (Lipinski definition) is 1. The molecule has 1 aliphatic rings. The van der Waals surface area contributed by atoms with E-state index in [4.69, 9.17) is 0 Å². The number of nitrogens with one attached hydrogen (secondary N) is 1. The van der Waals surface area contributed by atoms with Crippen molar-refractivity contribution in [3.63, 3.8) is 0 Å². The first-order chi connectivity index (χ1) is 9.20. The third-order valence-corrected chi connectivity index (χ3v) is 4.97. The van der Waals surface area contributed by atoms with E-state index in [0.29, 0.717) is 6.04 Å². The number of halogens is 2. The monoisotopic (exact) mass is 327 g/mol. The molecule has 0 aromatic heterocycles. The van der Waals surface area contributed by atoms with Gasteiger partial charge in [-0.2, -0.15) is 0 Å². The second kappa shape index (κ2) is 7.39. The molecule has 1 aromatic carbocycles. The topological polar surface area (TPSA) is 12.0 Å². The van der Waals surface area contributed by atoms with Crippen LogP contribution in [0, 0.1) is 11.7 Å². The van der Waals surface area contributed by atoms with Crippen molar-refractivity contribution in [2.75, 3.05) is 0 Å². The van der Waals surface area contributed by atoms with E-state index < -0.39 is 0 Å². The summed E-state index contributed by atoms with van der Waals surface area (Å²) >= 11 is 3.44. The van der Waals surface area contributed by atoms with Gasteiger partial charge in [-0.3, -0.25) is 0 Å². The number of hydrogen-bond acceptors (Lipinski definition) is 1. The molecule has 19 heavy (non-hydrogen) atoms. The van der Waals surface area contributed by atoms with Gasteiger partial charge in [-0.25, -0.2) is 4.39 Å². The van der Waals surface area contributed by atoms with Crippen molar-refractivity contribution in [2.24, 2.45) is 5.92 Å². The second-order valence-corrected chi connectivity index (χ2v) is 6.38. The zero-order valence-corrected chi connectivity index (χ0v) is 13.2. The van der Waals surface area contributed by atoms with E-state index in [2.05, 4.69) is 28.2 Å². The Balaban J connectivity index is 1.91. The zero-order chi connectivity index (χ0) is 13.7. The summed E-state index contributed by atoms with van der Waals surface area (Å²) in [5, 5.41) is 3.66. The normalized spacial score (nSPS) is 18.5. The molecule has 1 unspecified atom stereocenters. The van der Waals surface area contributed by atoms with Crippen LogP contribution in [0.1, 0.15) is 51.0 Å². The summed E-state index contributed by atoms with van der Waals surface area (Å²) in [4.78, 5) is 0. The Kier molecular flexibility index (Phi) is 5.83. The van der Waals surface area contributed by atoms with E-state index in [-0.39, 0.29) is 5.82 Å². The highest BCUT2D eigenvalue weighted by Gasteiger charge is 2.21. The quantitative estimate of drug-likeness (QED) is 0.799. The summed E-state index contributed by atoms with van der Waals surface area (Å²) in [5.41, 5.74) is 1.13. The van der Waals surface area contributed by atoms with Gasteiger partial charge in [0.05, 0.1) is 0 Å². The van der Waals surface area contributed by atoms with Crippen molar-refractivity contribution < 1.29 is 4.39 Å². The molecule has 0 amide bonds. The van der Waals surface area contributed by atoms with Gasteiger partial charge in [-0.1, -0.05) is 48.2 Å². The molecule has 106 valence electrons. The molecular formula is C16H23BrFN. The van der Waals surface area contributed by atoms with Gasteiger partial charge < -0.3 is 5.32 Å². The smallest absolute Gasteiger partial charge is 0.124 e. The van der Waals surface area contributed by atoms with Crippen LogP contribution in [0.5, 0.6) is 0 Å². The average Bonchev–Trinajstić information content (AvgIpc) is 2.43. The van der Waals surface area contributed by atoms with Gasteiger partial charge in [0, 0.05) is 17.1 Å². The third kappa shape index (κ3) is 4.28. The molecule has 0 saturated heterocycles. The van der Waals surface area contributed by atoms with Crippen molar-refractivity contribution in [1.29, 1.82) is 0 Å². The van der Waals surface area contributed by atoms with Gasteiger partial charge in [-0.15, -0.1) is 0 Å². The minimum Gasteiger partial charge on any atom is -0.310 e. The number of benzene rings is 1. The summed E-state index contributed by atoms with van der Waals surface area (Å²) in [6, 6.07) is 5.53. The fourth-order valence-corrected chi connectivity index (χ4v) is 3.58. The van der Waals surface area contributed by atoms with Gasteiger partial charge in [-0.05, 0) is 42.9 Å². The van der Waals surface area contributed by atoms with Crippen LogP contribution in [0.2, 0.25) is 0 Å². The Bertz CT molecular complexity index is 402. The summed E-state index contributed by atoms with van der Waals surface area (Å²) in [5.74, 6) is 0.632. The van der Waals surface area contributed by atoms with Crippen molar-refractivity contribution in [1.82, 2.24) is 5.32 Å². The van der Waals surface area contributed by atoms with E-state index in [9.17, 15) is 4.39 Å². The molecular weight excluding hydrogens is 305 g/mol. The molecule has 1 N–H and O–H groups in total. The first kappa shape index (κ1) is 15.0. The zero-order valence-electron chi connectivity index (χ0n) is 11.6. The largest absolute Gasteiger partial charge is 0.310 e. The van der Waals surface area contributed by atoms with Gasteiger partial charge in [0.1, 0.15) is 5.82 Å². The van der Waals surface area contributed by atoms with Crippen LogP contribution in [-0.4, -0.2) is 6.04 Å². The maximum atomic E-state index is 13.1. The van der Waals surface area contributed by atoms with Crippen molar-refractivity contribution >= 4 is 15.9 Å². The molecule has 1 nitrogen and oxygen atoms in total. The van der Waals surface area contributed by atoms with Gasteiger partial charge in [0.2, 0.25) is 0 Å². The van der Waals surface area contributed by atoms with Crippen LogP contribution in [0.15, 0.2) is 22.7 Å². The maximum absolute atomic E-state index is 13.1. The first-order valence-corrected chi connectivity index (χ1v) is 8.17. The molecule has 0 bridgehead atoms. The van der Waals surface area contributed by atoms with Crippen molar-refractivity contribution in [3.8, 4) is 0 Å². The Morgan fingerprint density at radius 3 is 2.68 bits per heavy atom. The van der Waals surface area contributed by atoms with Gasteiger partial charge in [0.25, 0.3) is 0 Å². The Morgan fingerprint density at radius 1 is 1.32 bits per heavy atom. The highest BCUT2D eigenvalue weighted by atomic mass is 79.9. The second-order valence-electron chi connectivity index (χ2n) is 5.53. The Morgan fingerprint density at radius 2 is 2.05 bits per heavy atom. The maximum Gasteiger partial charge on any atom is 0.124 e. The molecule has 1 saturated carbocycles. The highest BCUT2D eigenvalue weighted by molar-refractivity contribution is 9.10. The molecule has 1 atom stereocenters. The van der Waals surface area contributed by atoms with E-state index in [1.165, 1.54) is 44.6 Å². The molecule has 1 aliphatic carbocycles. The van der Waals surface area contributed by atoms with Crippen molar-refractivity contribution in [2.45, 2.75) is 58.0 Å². The van der Waals surface area contributed by atoms with E-state index in [0.717, 1.165) is 22.5 Å². The van der Waals surface area contributed by atoms with E-state index in [1.807, 2.05) is 6.07 Å². The highest BCUT2D eigenvalue weighted by Crippen LogP contribution is 2.28. The fourth-order valence-electron chi connectivity index (χ4n) is 3.09. The summed E-state index contributed by atoms with van der Waals surface area (Å²) in [7, 11) is 0. The number of rotatable bonds is 5. The Hall–Kier alpha value is -0.410. The molecule has 3 heteroatoms. The minimum atomic E-state index is -0.185. The van der Waals surface area contributed by atoms with Crippen molar-refractivity contribution in [3.05, 3.63) is 34.1 Å². The first-order valence-electron chi connectivity index (χ1n) is 7.38. The van der Waals surface area contributed by atoms with Gasteiger partial charge >= 0.3 is 0 Å². The lowest BCUT2D eigenvalue weighted by Crippen LogP contribution is -2.36. The molecule has 2 rings (SSSR count). The summed E-state index contributed by atoms with van der Waals surface area (Å²) in [6.07, 6.45) is 8.04.